The van der Waals surface area contributed by atoms with Gasteiger partial charge in [-0.25, -0.2) is 0 Å². The van der Waals surface area contributed by atoms with Crippen molar-refractivity contribution in [2.45, 2.75) is 31.9 Å². The van der Waals surface area contributed by atoms with E-state index < -0.39 is 0 Å². The van der Waals surface area contributed by atoms with Crippen molar-refractivity contribution in [1.82, 2.24) is 0 Å². The zero-order valence-electron chi connectivity index (χ0n) is 15.9. The van der Waals surface area contributed by atoms with Gasteiger partial charge in [0.1, 0.15) is 0 Å². The van der Waals surface area contributed by atoms with Crippen LogP contribution in [-0.4, -0.2) is 25.1 Å². The van der Waals surface area contributed by atoms with Crippen molar-refractivity contribution in [1.29, 1.82) is 0 Å². The SMILES string of the molecule is CCCCCOc1ccc(C=NN=C(N)SCc2ccccc2)cc1OC. The van der Waals surface area contributed by atoms with Gasteiger partial charge in [0.05, 0.1) is 19.9 Å². The highest BCUT2D eigenvalue weighted by atomic mass is 32.2. The molecule has 0 spiro atoms. The Morgan fingerprint density at radius 1 is 1.11 bits per heavy atom. The van der Waals surface area contributed by atoms with Gasteiger partial charge in [0.2, 0.25) is 0 Å². The quantitative estimate of drug-likeness (QED) is 0.275. The zero-order valence-corrected chi connectivity index (χ0v) is 16.7. The first-order valence-electron chi connectivity index (χ1n) is 9.07. The maximum atomic E-state index is 5.90. The molecule has 0 radical (unpaired) electrons. The molecule has 2 aromatic rings. The summed E-state index contributed by atoms with van der Waals surface area (Å²) in [4.78, 5) is 0. The van der Waals surface area contributed by atoms with Crippen LogP contribution in [0.4, 0.5) is 0 Å². The van der Waals surface area contributed by atoms with E-state index in [1.807, 2.05) is 36.4 Å². The summed E-state index contributed by atoms with van der Waals surface area (Å²) in [5.74, 6) is 2.20. The number of unbranched alkanes of at least 4 members (excludes halogenated alkanes) is 2. The van der Waals surface area contributed by atoms with Crippen LogP contribution >= 0.6 is 11.8 Å². The van der Waals surface area contributed by atoms with Gasteiger partial charge >= 0.3 is 0 Å². The highest BCUT2D eigenvalue weighted by Crippen LogP contribution is 2.27. The van der Waals surface area contributed by atoms with E-state index >= 15 is 0 Å². The number of hydrogen-bond donors (Lipinski definition) is 1. The van der Waals surface area contributed by atoms with E-state index in [9.17, 15) is 0 Å². The number of benzene rings is 2. The summed E-state index contributed by atoms with van der Waals surface area (Å²) in [5.41, 5.74) is 7.97. The average Bonchev–Trinajstić information content (AvgIpc) is 2.71. The average molecular weight is 386 g/mol. The molecule has 0 saturated heterocycles. The molecule has 0 aromatic heterocycles. The highest BCUT2D eigenvalue weighted by Gasteiger charge is 2.05. The van der Waals surface area contributed by atoms with Gasteiger partial charge < -0.3 is 15.2 Å². The number of amidine groups is 1. The van der Waals surface area contributed by atoms with Gasteiger partial charge in [-0.3, -0.25) is 0 Å². The van der Waals surface area contributed by atoms with Gasteiger partial charge in [-0.2, -0.15) is 5.10 Å². The van der Waals surface area contributed by atoms with Crippen LogP contribution in [0.15, 0.2) is 58.7 Å². The third-order valence-electron chi connectivity index (χ3n) is 3.79. The Bertz CT molecular complexity index is 748. The van der Waals surface area contributed by atoms with Crippen LogP contribution in [-0.2, 0) is 5.75 Å². The van der Waals surface area contributed by atoms with Crippen LogP contribution in [0.2, 0.25) is 0 Å². The first-order chi connectivity index (χ1) is 13.2. The number of methoxy groups -OCH3 is 1. The monoisotopic (exact) mass is 385 g/mol. The summed E-state index contributed by atoms with van der Waals surface area (Å²) < 4.78 is 11.2. The Morgan fingerprint density at radius 2 is 1.93 bits per heavy atom. The van der Waals surface area contributed by atoms with E-state index in [1.54, 1.807) is 13.3 Å². The summed E-state index contributed by atoms with van der Waals surface area (Å²) in [7, 11) is 1.63. The minimum absolute atomic E-state index is 0.429. The molecule has 2 N–H and O–H groups in total. The zero-order chi connectivity index (χ0) is 19.3. The van der Waals surface area contributed by atoms with Crippen LogP contribution in [0.1, 0.15) is 37.3 Å². The first-order valence-corrected chi connectivity index (χ1v) is 10.1. The molecule has 6 heteroatoms. The molecule has 0 amide bonds. The molecule has 2 aromatic carbocycles. The second-order valence-electron chi connectivity index (χ2n) is 5.92. The molecule has 5 nitrogen and oxygen atoms in total. The Labute approximate surface area is 165 Å². The topological polar surface area (TPSA) is 69.2 Å². The van der Waals surface area contributed by atoms with E-state index in [-0.39, 0.29) is 0 Å². The minimum Gasteiger partial charge on any atom is -0.493 e. The molecular formula is C21H27N3O2S. The largest absolute Gasteiger partial charge is 0.493 e. The summed E-state index contributed by atoms with van der Waals surface area (Å²) in [6, 6.07) is 15.8. The smallest absolute Gasteiger partial charge is 0.180 e. The van der Waals surface area contributed by atoms with Gasteiger partial charge in [0.15, 0.2) is 16.7 Å². The standard InChI is InChI=1S/C21H27N3O2S/c1-3-4-8-13-26-19-12-11-18(14-20(19)25-2)15-23-24-21(22)27-16-17-9-6-5-7-10-17/h5-7,9-12,14-15H,3-4,8,13,16H2,1-2H3,(H2,22,24). The number of nitrogens with zero attached hydrogens (tertiary/aromatic N) is 2. The third kappa shape index (κ3) is 7.74. The molecule has 0 heterocycles. The predicted octanol–water partition coefficient (Wildman–Crippen LogP) is 4.85. The molecule has 0 saturated carbocycles. The van der Waals surface area contributed by atoms with E-state index in [4.69, 9.17) is 15.2 Å². The normalized spacial score (nSPS) is 11.7. The van der Waals surface area contributed by atoms with Crippen molar-refractivity contribution in [3.8, 4) is 11.5 Å². The van der Waals surface area contributed by atoms with Crippen LogP contribution in [0, 0.1) is 0 Å². The van der Waals surface area contributed by atoms with Crippen LogP contribution in [0.5, 0.6) is 11.5 Å². The minimum atomic E-state index is 0.429. The van der Waals surface area contributed by atoms with Gasteiger partial charge in [-0.15, -0.1) is 5.10 Å². The van der Waals surface area contributed by atoms with Crippen molar-refractivity contribution < 1.29 is 9.47 Å². The molecule has 0 unspecified atom stereocenters. The lowest BCUT2D eigenvalue weighted by Gasteiger charge is -2.10. The summed E-state index contributed by atoms with van der Waals surface area (Å²) in [5, 5.41) is 8.53. The molecule has 0 aliphatic carbocycles. The molecule has 0 fully saturated rings. The van der Waals surface area contributed by atoms with E-state index in [2.05, 4.69) is 29.3 Å². The van der Waals surface area contributed by atoms with E-state index in [0.717, 1.165) is 29.9 Å². The van der Waals surface area contributed by atoms with Gasteiger partial charge in [0.25, 0.3) is 0 Å². The van der Waals surface area contributed by atoms with Crippen molar-refractivity contribution >= 4 is 23.1 Å². The first kappa shape index (κ1) is 20.8. The fraction of sp³-hybridized carbons (Fsp3) is 0.333. The van der Waals surface area contributed by atoms with Crippen LogP contribution < -0.4 is 15.2 Å². The third-order valence-corrected chi connectivity index (χ3v) is 4.64. The Morgan fingerprint density at radius 3 is 2.67 bits per heavy atom. The molecule has 144 valence electrons. The molecule has 27 heavy (non-hydrogen) atoms. The second-order valence-corrected chi connectivity index (χ2v) is 6.92. The van der Waals surface area contributed by atoms with E-state index in [1.165, 1.54) is 23.7 Å². The fourth-order valence-corrected chi connectivity index (χ4v) is 2.94. The predicted molar refractivity (Wildman–Crippen MR) is 115 cm³/mol. The molecule has 2 rings (SSSR count). The number of rotatable bonds is 10. The Kier molecular flexibility index (Phi) is 9.27. The van der Waals surface area contributed by atoms with Crippen molar-refractivity contribution in [3.63, 3.8) is 0 Å². The van der Waals surface area contributed by atoms with Crippen molar-refractivity contribution in [2.24, 2.45) is 15.9 Å². The second kappa shape index (κ2) is 12.0. The Hall–Kier alpha value is -2.47. The summed E-state index contributed by atoms with van der Waals surface area (Å²) in [6.07, 6.45) is 5.02. The van der Waals surface area contributed by atoms with Crippen LogP contribution in [0.3, 0.4) is 0 Å². The van der Waals surface area contributed by atoms with Crippen molar-refractivity contribution in [2.75, 3.05) is 13.7 Å². The van der Waals surface area contributed by atoms with Crippen molar-refractivity contribution in [3.05, 3.63) is 59.7 Å². The molecule has 0 atom stereocenters. The molecular weight excluding hydrogens is 358 g/mol. The van der Waals surface area contributed by atoms with E-state index in [0.29, 0.717) is 17.5 Å². The summed E-state index contributed by atoms with van der Waals surface area (Å²) in [6.45, 7) is 2.86. The number of ether oxygens (including phenoxy) is 2. The van der Waals surface area contributed by atoms with Crippen LogP contribution in [0.25, 0.3) is 0 Å². The van der Waals surface area contributed by atoms with Gasteiger partial charge in [0, 0.05) is 5.75 Å². The fourth-order valence-electron chi connectivity index (χ4n) is 2.33. The molecule has 0 aliphatic heterocycles. The highest BCUT2D eigenvalue weighted by molar-refractivity contribution is 8.13. The van der Waals surface area contributed by atoms with Gasteiger partial charge in [-0.1, -0.05) is 61.9 Å². The maximum absolute atomic E-state index is 5.90. The lowest BCUT2D eigenvalue weighted by atomic mass is 10.2. The summed E-state index contributed by atoms with van der Waals surface area (Å²) >= 11 is 1.46. The number of nitrogens with two attached hydrogens (primary N) is 1. The number of thioether (sulfide) groups is 1. The molecule has 0 aliphatic rings. The lowest BCUT2D eigenvalue weighted by molar-refractivity contribution is 0.286. The molecule has 0 bridgehead atoms. The Balaban J connectivity index is 1.89. The maximum Gasteiger partial charge on any atom is 0.180 e. The lowest BCUT2D eigenvalue weighted by Crippen LogP contribution is -2.06. The number of hydrogen-bond acceptors (Lipinski definition) is 5. The van der Waals surface area contributed by atoms with Gasteiger partial charge in [-0.05, 0) is 35.7 Å².